The number of aliphatic carboxylic acids is 1. The first-order valence-corrected chi connectivity index (χ1v) is 8.79. The average Bonchev–Trinajstić information content (AvgIpc) is 3.29. The lowest BCUT2D eigenvalue weighted by atomic mass is 9.89. The Kier molecular flexibility index (Phi) is 4.22. The van der Waals surface area contributed by atoms with Crippen LogP contribution in [0.1, 0.15) is 33.1 Å². The molecule has 1 aromatic carbocycles. The van der Waals surface area contributed by atoms with Crippen LogP contribution in [0.15, 0.2) is 30.5 Å². The van der Waals surface area contributed by atoms with Crippen molar-refractivity contribution in [2.75, 3.05) is 19.9 Å². The summed E-state index contributed by atoms with van der Waals surface area (Å²) < 4.78 is 10.7. The summed E-state index contributed by atoms with van der Waals surface area (Å²) in [6.45, 7) is 4.45. The first kappa shape index (κ1) is 17.3. The molecule has 1 saturated heterocycles. The third kappa shape index (κ3) is 3.09. The van der Waals surface area contributed by atoms with E-state index >= 15 is 0 Å². The zero-order valence-electron chi connectivity index (χ0n) is 15.1. The Morgan fingerprint density at radius 3 is 2.67 bits per heavy atom. The largest absolute Gasteiger partial charge is 0.481 e. The summed E-state index contributed by atoms with van der Waals surface area (Å²) >= 11 is 0. The lowest BCUT2D eigenvalue weighted by Crippen LogP contribution is -2.30. The van der Waals surface area contributed by atoms with Gasteiger partial charge in [0.05, 0.1) is 11.5 Å². The van der Waals surface area contributed by atoms with E-state index in [-0.39, 0.29) is 25.2 Å². The van der Waals surface area contributed by atoms with Gasteiger partial charge in [0.25, 0.3) is 5.91 Å². The van der Waals surface area contributed by atoms with Crippen LogP contribution in [0.4, 0.5) is 0 Å². The molecule has 2 aliphatic rings. The van der Waals surface area contributed by atoms with E-state index in [0.717, 1.165) is 16.8 Å². The SMILES string of the molecule is Cc1cc(C(=O)N2C[C@H](C(=O)O)[C@@H](c3ccc4c(c3)OCO4)C2)cnc1C. The van der Waals surface area contributed by atoms with E-state index in [0.29, 0.717) is 23.6 Å². The number of aromatic nitrogens is 1. The van der Waals surface area contributed by atoms with Gasteiger partial charge in [0, 0.05) is 30.9 Å². The number of hydrogen-bond donors (Lipinski definition) is 1. The highest BCUT2D eigenvalue weighted by Crippen LogP contribution is 2.39. The van der Waals surface area contributed by atoms with Crippen LogP contribution < -0.4 is 9.47 Å². The number of carbonyl (C=O) groups excluding carboxylic acids is 1. The molecule has 0 spiro atoms. The second-order valence-corrected chi connectivity index (χ2v) is 7.00. The Hall–Kier alpha value is -3.09. The molecule has 0 radical (unpaired) electrons. The van der Waals surface area contributed by atoms with E-state index in [1.807, 2.05) is 26.0 Å². The quantitative estimate of drug-likeness (QED) is 0.895. The number of carbonyl (C=O) groups is 2. The molecule has 1 N–H and O–H groups in total. The summed E-state index contributed by atoms with van der Waals surface area (Å²) in [5.74, 6) is -0.821. The molecule has 3 heterocycles. The van der Waals surface area contributed by atoms with E-state index in [1.54, 1.807) is 23.2 Å². The maximum Gasteiger partial charge on any atom is 0.308 e. The molecule has 0 saturated carbocycles. The van der Waals surface area contributed by atoms with Crippen LogP contribution in [-0.4, -0.2) is 46.7 Å². The summed E-state index contributed by atoms with van der Waals surface area (Å²) in [6.07, 6.45) is 1.55. The molecule has 1 aromatic heterocycles. The number of rotatable bonds is 3. The fourth-order valence-corrected chi connectivity index (χ4v) is 3.64. The normalized spacial score (nSPS) is 20.7. The summed E-state index contributed by atoms with van der Waals surface area (Å²) in [4.78, 5) is 30.6. The van der Waals surface area contributed by atoms with Crippen LogP contribution in [0.25, 0.3) is 0 Å². The van der Waals surface area contributed by atoms with E-state index in [1.165, 1.54) is 0 Å². The number of benzene rings is 1. The van der Waals surface area contributed by atoms with Crippen LogP contribution in [0.2, 0.25) is 0 Å². The maximum absolute atomic E-state index is 12.9. The standard InChI is InChI=1S/C20H20N2O5/c1-11-5-14(7-21-12(11)2)19(23)22-8-15(16(9-22)20(24)25)13-3-4-17-18(6-13)27-10-26-17/h3-7,15-16H,8-10H2,1-2H3,(H,24,25)/t15-,16+/m1/s1. The molecule has 140 valence electrons. The minimum Gasteiger partial charge on any atom is -0.481 e. The van der Waals surface area contributed by atoms with E-state index in [4.69, 9.17) is 9.47 Å². The predicted molar refractivity (Wildman–Crippen MR) is 96.0 cm³/mol. The van der Waals surface area contributed by atoms with E-state index in [2.05, 4.69) is 4.98 Å². The van der Waals surface area contributed by atoms with Gasteiger partial charge >= 0.3 is 5.97 Å². The Balaban J connectivity index is 1.61. The average molecular weight is 368 g/mol. The molecule has 2 aliphatic heterocycles. The van der Waals surface area contributed by atoms with Crippen molar-refractivity contribution in [2.45, 2.75) is 19.8 Å². The van der Waals surface area contributed by atoms with Crippen molar-refractivity contribution in [1.29, 1.82) is 0 Å². The molecular weight excluding hydrogens is 348 g/mol. The molecule has 1 fully saturated rings. The summed E-state index contributed by atoms with van der Waals surface area (Å²) in [5, 5.41) is 9.68. The Morgan fingerprint density at radius 2 is 1.93 bits per heavy atom. The van der Waals surface area contributed by atoms with Crippen LogP contribution >= 0.6 is 0 Å². The summed E-state index contributed by atoms with van der Waals surface area (Å²) in [6, 6.07) is 7.25. The molecule has 2 atom stereocenters. The fourth-order valence-electron chi connectivity index (χ4n) is 3.64. The molecule has 7 heteroatoms. The van der Waals surface area contributed by atoms with Crippen LogP contribution in [0.5, 0.6) is 11.5 Å². The van der Waals surface area contributed by atoms with Crippen molar-refractivity contribution in [3.63, 3.8) is 0 Å². The molecular formula is C20H20N2O5. The zero-order valence-corrected chi connectivity index (χ0v) is 15.1. The number of likely N-dealkylation sites (tertiary alicyclic amines) is 1. The van der Waals surface area contributed by atoms with Gasteiger partial charge in [0.2, 0.25) is 6.79 Å². The number of ether oxygens (including phenoxy) is 2. The third-order valence-electron chi connectivity index (χ3n) is 5.34. The van der Waals surface area contributed by atoms with Crippen molar-refractivity contribution >= 4 is 11.9 Å². The number of nitrogens with zero attached hydrogens (tertiary/aromatic N) is 2. The number of pyridine rings is 1. The highest BCUT2D eigenvalue weighted by molar-refractivity contribution is 5.95. The molecule has 0 bridgehead atoms. The van der Waals surface area contributed by atoms with Crippen molar-refractivity contribution in [2.24, 2.45) is 5.92 Å². The van der Waals surface area contributed by atoms with Crippen LogP contribution in [0.3, 0.4) is 0 Å². The van der Waals surface area contributed by atoms with Crippen molar-refractivity contribution < 1.29 is 24.2 Å². The summed E-state index contributed by atoms with van der Waals surface area (Å²) in [7, 11) is 0. The van der Waals surface area contributed by atoms with Gasteiger partial charge in [-0.05, 0) is 43.2 Å². The maximum atomic E-state index is 12.9. The minimum absolute atomic E-state index is 0.163. The Bertz CT molecular complexity index is 927. The molecule has 0 aliphatic carbocycles. The van der Waals surface area contributed by atoms with Gasteiger partial charge in [-0.15, -0.1) is 0 Å². The van der Waals surface area contributed by atoms with Gasteiger partial charge < -0.3 is 19.5 Å². The van der Waals surface area contributed by atoms with Gasteiger partial charge in [0.15, 0.2) is 11.5 Å². The first-order valence-electron chi connectivity index (χ1n) is 8.79. The smallest absolute Gasteiger partial charge is 0.308 e. The second kappa shape index (κ2) is 6.57. The molecule has 27 heavy (non-hydrogen) atoms. The Morgan fingerprint density at radius 1 is 1.15 bits per heavy atom. The predicted octanol–water partition coefficient (Wildman–Crippen LogP) is 2.37. The fraction of sp³-hybridized carbons (Fsp3) is 0.350. The first-order chi connectivity index (χ1) is 12.9. The zero-order chi connectivity index (χ0) is 19.1. The minimum atomic E-state index is -0.911. The van der Waals surface area contributed by atoms with E-state index < -0.39 is 11.9 Å². The number of hydrogen-bond acceptors (Lipinski definition) is 5. The second-order valence-electron chi connectivity index (χ2n) is 7.00. The third-order valence-corrected chi connectivity index (χ3v) is 5.34. The van der Waals surface area contributed by atoms with Crippen LogP contribution in [-0.2, 0) is 4.79 Å². The molecule has 7 nitrogen and oxygen atoms in total. The van der Waals surface area contributed by atoms with Crippen molar-refractivity contribution in [1.82, 2.24) is 9.88 Å². The monoisotopic (exact) mass is 368 g/mol. The Labute approximate surface area is 156 Å². The van der Waals surface area contributed by atoms with Crippen molar-refractivity contribution in [3.8, 4) is 11.5 Å². The van der Waals surface area contributed by atoms with Crippen LogP contribution in [0, 0.1) is 19.8 Å². The van der Waals surface area contributed by atoms with Crippen molar-refractivity contribution in [3.05, 3.63) is 52.8 Å². The van der Waals surface area contributed by atoms with Gasteiger partial charge in [0.1, 0.15) is 0 Å². The van der Waals surface area contributed by atoms with Gasteiger partial charge in [-0.25, -0.2) is 0 Å². The number of fused-ring (bicyclic) bond motifs is 1. The number of aryl methyl sites for hydroxylation is 2. The van der Waals surface area contributed by atoms with Gasteiger partial charge in [-0.2, -0.15) is 0 Å². The highest BCUT2D eigenvalue weighted by atomic mass is 16.7. The topological polar surface area (TPSA) is 89.0 Å². The van der Waals surface area contributed by atoms with E-state index in [9.17, 15) is 14.7 Å². The highest BCUT2D eigenvalue weighted by Gasteiger charge is 2.41. The number of carboxylic acids is 1. The lowest BCUT2D eigenvalue weighted by molar-refractivity contribution is -0.141. The molecule has 1 amide bonds. The number of carboxylic acid groups (broad SMARTS) is 1. The summed E-state index contributed by atoms with van der Waals surface area (Å²) in [5.41, 5.74) is 3.12. The number of amides is 1. The lowest BCUT2D eigenvalue weighted by Gasteiger charge is -2.17. The van der Waals surface area contributed by atoms with Gasteiger partial charge in [-0.1, -0.05) is 6.07 Å². The molecule has 0 unspecified atom stereocenters. The van der Waals surface area contributed by atoms with Gasteiger partial charge in [-0.3, -0.25) is 14.6 Å². The molecule has 4 rings (SSSR count). The molecule has 2 aromatic rings.